The Morgan fingerprint density at radius 2 is 2.11 bits per heavy atom. The lowest BCUT2D eigenvalue weighted by Gasteiger charge is -2.02. The quantitative estimate of drug-likeness (QED) is 0.641. The van der Waals surface area contributed by atoms with Gasteiger partial charge in [0.15, 0.2) is 5.82 Å². The molecule has 3 rings (SSSR count). The van der Waals surface area contributed by atoms with Crippen LogP contribution in [-0.2, 0) is 7.05 Å². The molecule has 0 aliphatic rings. The Kier molecular flexibility index (Phi) is 2.71. The number of aryl methyl sites for hydroxylation is 2. The summed E-state index contributed by atoms with van der Waals surface area (Å²) in [4.78, 5) is 7.53. The van der Waals surface area contributed by atoms with Gasteiger partial charge in [-0.3, -0.25) is 4.68 Å². The number of aromatic nitrogens is 4. The number of fused-ring (bicyclic) bond motifs is 1. The van der Waals surface area contributed by atoms with Crippen LogP contribution in [0.4, 0.5) is 4.39 Å². The van der Waals surface area contributed by atoms with Crippen molar-refractivity contribution < 1.29 is 4.39 Å². The zero-order valence-electron chi connectivity index (χ0n) is 10.4. The second-order valence-electron chi connectivity index (χ2n) is 4.28. The van der Waals surface area contributed by atoms with Crippen LogP contribution in [0.15, 0.2) is 24.4 Å². The van der Waals surface area contributed by atoms with Crippen LogP contribution in [0.2, 0.25) is 5.28 Å². The van der Waals surface area contributed by atoms with Gasteiger partial charge >= 0.3 is 0 Å². The molecule has 0 bridgehead atoms. The molecule has 0 aliphatic carbocycles. The SMILES string of the molecule is Cc1c2ccc(-c3nc(Cl)ncc3F)cc2nn1C. The van der Waals surface area contributed by atoms with Gasteiger partial charge in [-0.15, -0.1) is 0 Å². The Balaban J connectivity index is 2.23. The first-order valence-electron chi connectivity index (χ1n) is 5.68. The van der Waals surface area contributed by atoms with E-state index < -0.39 is 5.82 Å². The zero-order chi connectivity index (χ0) is 13.6. The Bertz CT molecular complexity index is 782. The van der Waals surface area contributed by atoms with Crippen molar-refractivity contribution in [3.63, 3.8) is 0 Å². The van der Waals surface area contributed by atoms with E-state index in [1.165, 1.54) is 0 Å². The number of benzene rings is 1. The lowest BCUT2D eigenvalue weighted by molar-refractivity contribution is 0.618. The molecular formula is C13H10ClFN4. The maximum atomic E-state index is 13.7. The van der Waals surface area contributed by atoms with E-state index in [1.54, 1.807) is 16.8 Å². The normalized spacial score (nSPS) is 11.2. The monoisotopic (exact) mass is 276 g/mol. The summed E-state index contributed by atoms with van der Waals surface area (Å²) in [6.07, 6.45) is 1.07. The van der Waals surface area contributed by atoms with Crippen molar-refractivity contribution >= 4 is 22.5 Å². The van der Waals surface area contributed by atoms with Gasteiger partial charge in [0.2, 0.25) is 5.28 Å². The average Bonchev–Trinajstić information content (AvgIpc) is 2.67. The fraction of sp³-hybridized carbons (Fsp3) is 0.154. The molecule has 3 aromatic rings. The Hall–Kier alpha value is -2.01. The predicted octanol–water partition coefficient (Wildman–Crippen LogP) is 3.13. The minimum atomic E-state index is -0.503. The van der Waals surface area contributed by atoms with Crippen molar-refractivity contribution in [1.29, 1.82) is 0 Å². The molecule has 0 radical (unpaired) electrons. The third-order valence-electron chi connectivity index (χ3n) is 3.12. The molecule has 2 heterocycles. The van der Waals surface area contributed by atoms with Crippen molar-refractivity contribution in [2.45, 2.75) is 6.92 Å². The molecule has 2 aromatic heterocycles. The van der Waals surface area contributed by atoms with E-state index in [0.717, 1.165) is 22.8 Å². The van der Waals surface area contributed by atoms with E-state index in [1.807, 2.05) is 20.0 Å². The van der Waals surface area contributed by atoms with Crippen LogP contribution in [0.1, 0.15) is 5.69 Å². The number of hydrogen-bond donors (Lipinski definition) is 0. The summed E-state index contributed by atoms with van der Waals surface area (Å²) in [6.45, 7) is 1.98. The Labute approximate surface area is 113 Å². The Morgan fingerprint density at radius 1 is 1.32 bits per heavy atom. The highest BCUT2D eigenvalue weighted by molar-refractivity contribution is 6.28. The van der Waals surface area contributed by atoms with E-state index in [4.69, 9.17) is 11.6 Å². The third-order valence-corrected chi connectivity index (χ3v) is 3.30. The molecule has 0 fully saturated rings. The molecule has 0 spiro atoms. The molecular weight excluding hydrogens is 267 g/mol. The molecule has 19 heavy (non-hydrogen) atoms. The average molecular weight is 277 g/mol. The first kappa shape index (κ1) is 12.0. The van der Waals surface area contributed by atoms with Gasteiger partial charge in [0.05, 0.1) is 11.7 Å². The Morgan fingerprint density at radius 3 is 2.89 bits per heavy atom. The van der Waals surface area contributed by atoms with Gasteiger partial charge in [0, 0.05) is 23.7 Å². The number of rotatable bonds is 1. The molecule has 0 unspecified atom stereocenters. The van der Waals surface area contributed by atoms with Crippen LogP contribution in [0.3, 0.4) is 0 Å². The molecule has 0 amide bonds. The van der Waals surface area contributed by atoms with Crippen LogP contribution in [0, 0.1) is 12.7 Å². The van der Waals surface area contributed by atoms with Gasteiger partial charge in [0.25, 0.3) is 0 Å². The molecule has 96 valence electrons. The van der Waals surface area contributed by atoms with Crippen LogP contribution in [0.25, 0.3) is 22.2 Å². The summed E-state index contributed by atoms with van der Waals surface area (Å²) in [5.41, 5.74) is 2.67. The fourth-order valence-electron chi connectivity index (χ4n) is 2.03. The molecule has 6 heteroatoms. The lowest BCUT2D eigenvalue weighted by Crippen LogP contribution is -1.92. The van der Waals surface area contributed by atoms with Gasteiger partial charge in [0.1, 0.15) is 5.69 Å². The standard InChI is InChI=1S/C13H10ClFN4/c1-7-9-4-3-8(5-11(9)18-19(7)2)12-10(15)6-16-13(14)17-12/h3-6H,1-2H3. The van der Waals surface area contributed by atoms with Gasteiger partial charge in [-0.1, -0.05) is 12.1 Å². The molecule has 4 nitrogen and oxygen atoms in total. The van der Waals surface area contributed by atoms with E-state index >= 15 is 0 Å². The number of hydrogen-bond acceptors (Lipinski definition) is 3. The second-order valence-corrected chi connectivity index (χ2v) is 4.61. The summed E-state index contributed by atoms with van der Waals surface area (Å²) in [5.74, 6) is -0.503. The lowest BCUT2D eigenvalue weighted by atomic mass is 10.1. The zero-order valence-corrected chi connectivity index (χ0v) is 11.1. The van der Waals surface area contributed by atoms with Gasteiger partial charge in [-0.2, -0.15) is 5.10 Å². The smallest absolute Gasteiger partial charge is 0.223 e. The molecule has 1 aromatic carbocycles. The summed E-state index contributed by atoms with van der Waals surface area (Å²) < 4.78 is 15.5. The van der Waals surface area contributed by atoms with E-state index in [9.17, 15) is 4.39 Å². The minimum Gasteiger partial charge on any atom is -0.272 e. The summed E-state index contributed by atoms with van der Waals surface area (Å²) >= 11 is 5.71. The summed E-state index contributed by atoms with van der Waals surface area (Å²) in [7, 11) is 1.87. The highest BCUT2D eigenvalue weighted by atomic mass is 35.5. The second kappa shape index (κ2) is 4.28. The first-order valence-corrected chi connectivity index (χ1v) is 6.06. The molecule has 0 saturated heterocycles. The maximum Gasteiger partial charge on any atom is 0.223 e. The van der Waals surface area contributed by atoms with Gasteiger partial charge < -0.3 is 0 Å². The number of nitrogens with zero attached hydrogens (tertiary/aromatic N) is 4. The minimum absolute atomic E-state index is 0.0219. The molecule has 0 saturated carbocycles. The van der Waals surface area contributed by atoms with Crippen molar-refractivity contribution in [3.05, 3.63) is 41.2 Å². The van der Waals surface area contributed by atoms with Gasteiger partial charge in [-0.25, -0.2) is 14.4 Å². The molecule has 0 atom stereocenters. The van der Waals surface area contributed by atoms with Crippen molar-refractivity contribution in [1.82, 2.24) is 19.7 Å². The first-order chi connectivity index (χ1) is 9.06. The number of halogens is 2. The van der Waals surface area contributed by atoms with Crippen molar-refractivity contribution in [2.75, 3.05) is 0 Å². The van der Waals surface area contributed by atoms with Crippen molar-refractivity contribution in [2.24, 2.45) is 7.05 Å². The highest BCUT2D eigenvalue weighted by Crippen LogP contribution is 2.26. The summed E-state index contributed by atoms with van der Waals surface area (Å²) in [6, 6.07) is 5.51. The van der Waals surface area contributed by atoms with E-state index in [-0.39, 0.29) is 11.0 Å². The van der Waals surface area contributed by atoms with E-state index in [0.29, 0.717) is 5.56 Å². The van der Waals surface area contributed by atoms with Gasteiger partial charge in [-0.05, 0) is 24.6 Å². The maximum absolute atomic E-state index is 13.7. The van der Waals surface area contributed by atoms with Crippen LogP contribution in [0.5, 0.6) is 0 Å². The largest absolute Gasteiger partial charge is 0.272 e. The third kappa shape index (κ3) is 1.96. The predicted molar refractivity (Wildman–Crippen MR) is 71.4 cm³/mol. The highest BCUT2D eigenvalue weighted by Gasteiger charge is 2.11. The fourth-order valence-corrected chi connectivity index (χ4v) is 2.16. The topological polar surface area (TPSA) is 43.6 Å². The molecule has 0 N–H and O–H groups in total. The summed E-state index contributed by atoms with van der Waals surface area (Å²) in [5, 5.41) is 5.42. The van der Waals surface area contributed by atoms with Crippen LogP contribution >= 0.6 is 11.6 Å². The van der Waals surface area contributed by atoms with Crippen molar-refractivity contribution in [3.8, 4) is 11.3 Å². The van der Waals surface area contributed by atoms with E-state index in [2.05, 4.69) is 15.1 Å². The molecule has 0 aliphatic heterocycles. The van der Waals surface area contributed by atoms with Crippen LogP contribution < -0.4 is 0 Å². The van der Waals surface area contributed by atoms with Crippen LogP contribution in [-0.4, -0.2) is 19.7 Å².